The molecule has 1 fully saturated rings. The number of hydrogen-bond acceptors (Lipinski definition) is 6. The zero-order valence-corrected chi connectivity index (χ0v) is 16.2. The molecule has 0 saturated heterocycles. The molecule has 3 heterocycles. The third kappa shape index (κ3) is 4.27. The molecule has 0 unspecified atom stereocenters. The summed E-state index contributed by atoms with van der Waals surface area (Å²) in [5.41, 5.74) is 2.94. The number of aryl methyl sites for hydroxylation is 2. The minimum absolute atomic E-state index is 0.122. The van der Waals surface area contributed by atoms with Gasteiger partial charge in [0.2, 0.25) is 11.8 Å². The number of anilines is 1. The van der Waals surface area contributed by atoms with Crippen LogP contribution in [0, 0.1) is 13.8 Å². The molecule has 1 aliphatic carbocycles. The highest BCUT2D eigenvalue weighted by molar-refractivity contribution is 6.30. The predicted molar refractivity (Wildman–Crippen MR) is 106 cm³/mol. The molecule has 0 amide bonds. The van der Waals surface area contributed by atoms with Gasteiger partial charge in [0.05, 0.1) is 10.9 Å². The Morgan fingerprint density at radius 2 is 1.67 bits per heavy atom. The lowest BCUT2D eigenvalue weighted by Crippen LogP contribution is -2.32. The molecule has 7 heteroatoms. The summed E-state index contributed by atoms with van der Waals surface area (Å²) >= 11 is 6.15. The Bertz CT molecular complexity index is 939. The maximum Gasteiger partial charge on any atom is 0.224 e. The van der Waals surface area contributed by atoms with Crippen LogP contribution < -0.4 is 10.1 Å². The van der Waals surface area contributed by atoms with Crippen molar-refractivity contribution in [1.29, 1.82) is 0 Å². The summed E-state index contributed by atoms with van der Waals surface area (Å²) in [6, 6.07) is 4.18. The third-order valence-corrected chi connectivity index (χ3v) is 5.01. The van der Waals surface area contributed by atoms with Crippen molar-refractivity contribution >= 4 is 28.5 Å². The van der Waals surface area contributed by atoms with Gasteiger partial charge in [-0.05, 0) is 56.7 Å². The molecule has 0 radical (unpaired) electrons. The lowest BCUT2D eigenvalue weighted by Gasteiger charge is -2.29. The third-order valence-electron chi connectivity index (χ3n) is 4.82. The van der Waals surface area contributed by atoms with Crippen molar-refractivity contribution in [3.8, 4) is 5.88 Å². The van der Waals surface area contributed by atoms with Crippen molar-refractivity contribution < 1.29 is 4.74 Å². The van der Waals surface area contributed by atoms with Crippen LogP contribution in [0.4, 0.5) is 5.95 Å². The molecule has 0 aromatic carbocycles. The van der Waals surface area contributed by atoms with E-state index in [1.54, 1.807) is 6.07 Å². The van der Waals surface area contributed by atoms with Crippen molar-refractivity contribution in [3.63, 3.8) is 0 Å². The number of rotatable bonds is 4. The molecular formula is C20H22ClN5O. The summed E-state index contributed by atoms with van der Waals surface area (Å²) in [4.78, 5) is 17.5. The van der Waals surface area contributed by atoms with Gasteiger partial charge in [-0.25, -0.2) is 15.0 Å². The maximum absolute atomic E-state index is 6.22. The highest BCUT2D eigenvalue weighted by Crippen LogP contribution is 2.30. The summed E-state index contributed by atoms with van der Waals surface area (Å²) in [6.45, 7) is 3.99. The van der Waals surface area contributed by atoms with Crippen molar-refractivity contribution in [2.24, 2.45) is 0 Å². The maximum atomic E-state index is 6.22. The Kier molecular flexibility index (Phi) is 5.07. The molecule has 3 aromatic heterocycles. The van der Waals surface area contributed by atoms with Gasteiger partial charge >= 0.3 is 0 Å². The SMILES string of the molecule is Cc1cnc(NC2CCC(Oc3nc(Cl)cc4ncc(C)cc34)CC2)nc1. The second-order valence-corrected chi connectivity index (χ2v) is 7.54. The quantitative estimate of drug-likeness (QED) is 0.669. The Labute approximate surface area is 163 Å². The van der Waals surface area contributed by atoms with Gasteiger partial charge in [-0.15, -0.1) is 0 Å². The number of fused-ring (bicyclic) bond motifs is 1. The van der Waals surface area contributed by atoms with Crippen LogP contribution in [0.3, 0.4) is 0 Å². The molecule has 6 nitrogen and oxygen atoms in total. The first kappa shape index (κ1) is 17.9. The Hall–Kier alpha value is -2.47. The average Bonchev–Trinajstić information content (AvgIpc) is 2.66. The summed E-state index contributed by atoms with van der Waals surface area (Å²) in [7, 11) is 0. The molecule has 1 N–H and O–H groups in total. The van der Waals surface area contributed by atoms with Crippen LogP contribution in [0.25, 0.3) is 10.9 Å². The van der Waals surface area contributed by atoms with Crippen LogP contribution in [-0.4, -0.2) is 32.1 Å². The fourth-order valence-corrected chi connectivity index (χ4v) is 3.57. The number of ether oxygens (including phenoxy) is 1. The van der Waals surface area contributed by atoms with Gasteiger partial charge in [-0.1, -0.05) is 11.6 Å². The standard InChI is InChI=1S/C20H22ClN5O/c1-12-7-16-17(22-9-12)8-18(21)26-19(16)27-15-5-3-14(4-6-15)25-20-23-10-13(2)11-24-20/h7-11,14-15H,3-6H2,1-2H3,(H,23,24,25). The fourth-order valence-electron chi connectivity index (χ4n) is 3.39. The van der Waals surface area contributed by atoms with E-state index in [9.17, 15) is 0 Å². The number of nitrogens with zero attached hydrogens (tertiary/aromatic N) is 4. The second kappa shape index (κ2) is 7.64. The summed E-state index contributed by atoms with van der Waals surface area (Å²) in [5.74, 6) is 1.26. The predicted octanol–water partition coefficient (Wildman–Crippen LogP) is 4.49. The number of nitrogens with one attached hydrogen (secondary N) is 1. The lowest BCUT2D eigenvalue weighted by atomic mass is 9.93. The van der Waals surface area contributed by atoms with E-state index < -0.39 is 0 Å². The topological polar surface area (TPSA) is 72.8 Å². The molecule has 0 atom stereocenters. The van der Waals surface area contributed by atoms with Gasteiger partial charge in [-0.3, -0.25) is 4.98 Å². The van der Waals surface area contributed by atoms with E-state index in [1.165, 1.54) is 0 Å². The van der Waals surface area contributed by atoms with Crippen LogP contribution in [0.15, 0.2) is 30.7 Å². The van der Waals surface area contributed by atoms with E-state index in [-0.39, 0.29) is 6.10 Å². The monoisotopic (exact) mass is 383 g/mol. The number of aromatic nitrogens is 4. The zero-order valence-electron chi connectivity index (χ0n) is 15.4. The first-order valence-electron chi connectivity index (χ1n) is 9.21. The smallest absolute Gasteiger partial charge is 0.224 e. The van der Waals surface area contributed by atoms with Gasteiger partial charge in [0.15, 0.2) is 0 Å². The summed E-state index contributed by atoms with van der Waals surface area (Å²) in [5, 5.41) is 4.73. The molecule has 140 valence electrons. The highest BCUT2D eigenvalue weighted by Gasteiger charge is 2.24. The van der Waals surface area contributed by atoms with Crippen LogP contribution in [0.1, 0.15) is 36.8 Å². The van der Waals surface area contributed by atoms with Gasteiger partial charge < -0.3 is 10.1 Å². The largest absolute Gasteiger partial charge is 0.474 e. The van der Waals surface area contributed by atoms with E-state index in [1.807, 2.05) is 38.5 Å². The number of pyridine rings is 2. The first-order valence-corrected chi connectivity index (χ1v) is 9.59. The molecule has 3 aromatic rings. The molecule has 0 bridgehead atoms. The molecule has 4 rings (SSSR count). The van der Waals surface area contributed by atoms with Gasteiger partial charge in [0, 0.05) is 30.7 Å². The number of halogens is 1. The molecule has 1 aliphatic rings. The van der Waals surface area contributed by atoms with Crippen LogP contribution in [-0.2, 0) is 0 Å². The minimum atomic E-state index is 0.122. The molecule has 0 spiro atoms. The first-order chi connectivity index (χ1) is 13.1. The summed E-state index contributed by atoms with van der Waals surface area (Å²) < 4.78 is 6.22. The minimum Gasteiger partial charge on any atom is -0.474 e. The summed E-state index contributed by atoms with van der Waals surface area (Å²) in [6.07, 6.45) is 9.49. The molecular weight excluding hydrogens is 362 g/mol. The van der Waals surface area contributed by atoms with Crippen molar-refractivity contribution in [2.75, 3.05) is 5.32 Å². The van der Waals surface area contributed by atoms with Crippen LogP contribution >= 0.6 is 11.6 Å². The van der Waals surface area contributed by atoms with Gasteiger partial charge in [-0.2, -0.15) is 0 Å². The molecule has 0 aliphatic heterocycles. The van der Waals surface area contributed by atoms with E-state index in [4.69, 9.17) is 16.3 Å². The Morgan fingerprint density at radius 1 is 0.963 bits per heavy atom. The molecule has 27 heavy (non-hydrogen) atoms. The lowest BCUT2D eigenvalue weighted by molar-refractivity contribution is 0.146. The van der Waals surface area contributed by atoms with Crippen molar-refractivity contribution in [2.45, 2.75) is 51.7 Å². The molecule has 1 saturated carbocycles. The van der Waals surface area contributed by atoms with Gasteiger partial charge in [0.25, 0.3) is 0 Å². The number of hydrogen-bond donors (Lipinski definition) is 1. The Morgan fingerprint density at radius 3 is 2.41 bits per heavy atom. The van der Waals surface area contributed by atoms with E-state index in [0.717, 1.165) is 47.7 Å². The van der Waals surface area contributed by atoms with E-state index in [2.05, 4.69) is 25.3 Å². The van der Waals surface area contributed by atoms with Crippen molar-refractivity contribution in [3.05, 3.63) is 47.0 Å². The van der Waals surface area contributed by atoms with Crippen molar-refractivity contribution in [1.82, 2.24) is 19.9 Å². The zero-order chi connectivity index (χ0) is 18.8. The average molecular weight is 384 g/mol. The van der Waals surface area contributed by atoms with Gasteiger partial charge in [0.1, 0.15) is 11.3 Å². The normalized spacial score (nSPS) is 19.8. The van der Waals surface area contributed by atoms with Crippen LogP contribution in [0.5, 0.6) is 5.88 Å². The highest BCUT2D eigenvalue weighted by atomic mass is 35.5. The van der Waals surface area contributed by atoms with Crippen LogP contribution in [0.2, 0.25) is 5.15 Å². The Balaban J connectivity index is 1.41. The van der Waals surface area contributed by atoms with E-state index in [0.29, 0.717) is 23.0 Å². The second-order valence-electron chi connectivity index (χ2n) is 7.15. The fraction of sp³-hybridized carbons (Fsp3) is 0.400. The van der Waals surface area contributed by atoms with E-state index >= 15 is 0 Å².